The van der Waals surface area contributed by atoms with Crippen LogP contribution in [0.15, 0.2) is 0 Å². The molecule has 0 saturated carbocycles. The molecule has 1 saturated heterocycles. The molecule has 1 fully saturated rings. The van der Waals surface area contributed by atoms with Gasteiger partial charge in [-0.15, -0.1) is 0 Å². The van der Waals surface area contributed by atoms with Crippen molar-refractivity contribution in [2.24, 2.45) is 0 Å². The third-order valence-corrected chi connectivity index (χ3v) is 2.44. The minimum atomic E-state index is -2.24. The molecule has 1 aliphatic rings. The summed E-state index contributed by atoms with van der Waals surface area (Å²) in [6.45, 7) is -0.860. The van der Waals surface area contributed by atoms with Gasteiger partial charge in [0.2, 0.25) is 5.79 Å². The zero-order valence-corrected chi connectivity index (χ0v) is 8.53. The van der Waals surface area contributed by atoms with Crippen molar-refractivity contribution in [1.82, 2.24) is 0 Å². The van der Waals surface area contributed by atoms with Crippen LogP contribution in [0.3, 0.4) is 0 Å². The Kier molecular flexibility index (Phi) is 4.01. The minimum Gasteiger partial charge on any atom is -0.391 e. The van der Waals surface area contributed by atoms with Crippen molar-refractivity contribution in [1.29, 1.82) is 0 Å². The lowest BCUT2D eigenvalue weighted by atomic mass is 9.96. The van der Waals surface area contributed by atoms with Crippen molar-refractivity contribution >= 4 is 0 Å². The summed E-state index contributed by atoms with van der Waals surface area (Å²) in [5.41, 5.74) is 0. The molecule has 4 N–H and O–H groups in total. The first-order valence-corrected chi connectivity index (χ1v) is 4.43. The van der Waals surface area contributed by atoms with Gasteiger partial charge in [-0.05, 0) is 0 Å². The second-order valence-electron chi connectivity index (χ2n) is 3.36. The number of ether oxygens (including phenoxy) is 3. The fourth-order valence-corrected chi connectivity index (χ4v) is 1.51. The van der Waals surface area contributed by atoms with Gasteiger partial charge in [-0.1, -0.05) is 0 Å². The maximum absolute atomic E-state index is 9.62. The average molecular weight is 224 g/mol. The molecule has 2 unspecified atom stereocenters. The zero-order valence-electron chi connectivity index (χ0n) is 8.53. The second kappa shape index (κ2) is 4.71. The third-order valence-electron chi connectivity index (χ3n) is 2.44. The highest BCUT2D eigenvalue weighted by atomic mass is 16.8. The Morgan fingerprint density at radius 1 is 1.27 bits per heavy atom. The number of rotatable bonds is 3. The molecule has 0 aliphatic carbocycles. The molecule has 0 aromatic heterocycles. The van der Waals surface area contributed by atoms with Gasteiger partial charge in [0.1, 0.15) is 18.3 Å². The number of hydrogen-bond donors (Lipinski definition) is 4. The fraction of sp³-hybridized carbons (Fsp3) is 1.00. The van der Waals surface area contributed by atoms with Crippen molar-refractivity contribution in [2.45, 2.75) is 30.4 Å². The van der Waals surface area contributed by atoms with Crippen LogP contribution in [-0.2, 0) is 14.2 Å². The van der Waals surface area contributed by atoms with Crippen LogP contribution in [0, 0.1) is 0 Å². The van der Waals surface area contributed by atoms with E-state index in [1.54, 1.807) is 0 Å². The molecule has 1 aliphatic heterocycles. The normalized spacial score (nSPS) is 46.8. The predicted octanol–water partition coefficient (Wildman–Crippen LogP) is -2.59. The van der Waals surface area contributed by atoms with Crippen molar-refractivity contribution in [2.75, 3.05) is 20.8 Å². The van der Waals surface area contributed by atoms with E-state index in [-0.39, 0.29) is 0 Å². The average Bonchev–Trinajstić information content (AvgIpc) is 2.25. The van der Waals surface area contributed by atoms with E-state index in [0.29, 0.717) is 0 Å². The molecule has 0 aromatic rings. The van der Waals surface area contributed by atoms with E-state index in [1.165, 1.54) is 14.2 Å². The standard InChI is InChI=1S/C8H16O7/c1-13-5-4(10)6(11)8(12,3-9)15-7(5)14-2/h4-7,9-12H,3H2,1-2H3/t4-,5-,6+,7?,8?/m1/s1. The van der Waals surface area contributed by atoms with Gasteiger partial charge >= 0.3 is 0 Å². The quantitative estimate of drug-likeness (QED) is 0.416. The molecule has 7 nitrogen and oxygen atoms in total. The summed E-state index contributed by atoms with van der Waals surface area (Å²) >= 11 is 0. The molecule has 90 valence electrons. The Labute approximate surface area is 86.8 Å². The lowest BCUT2D eigenvalue weighted by Gasteiger charge is -2.45. The van der Waals surface area contributed by atoms with Gasteiger partial charge in [0.05, 0.1) is 6.61 Å². The van der Waals surface area contributed by atoms with Crippen LogP contribution in [0.4, 0.5) is 0 Å². The Morgan fingerprint density at radius 2 is 1.87 bits per heavy atom. The predicted molar refractivity (Wildman–Crippen MR) is 46.7 cm³/mol. The molecule has 0 amide bonds. The summed E-state index contributed by atoms with van der Waals surface area (Å²) < 4.78 is 14.6. The molecule has 0 bridgehead atoms. The Bertz CT molecular complexity index is 207. The second-order valence-corrected chi connectivity index (χ2v) is 3.36. The molecule has 0 radical (unpaired) electrons. The van der Waals surface area contributed by atoms with Gasteiger partial charge in [-0.25, -0.2) is 0 Å². The molecular weight excluding hydrogens is 208 g/mol. The third kappa shape index (κ3) is 2.13. The fourth-order valence-electron chi connectivity index (χ4n) is 1.51. The first-order chi connectivity index (χ1) is 7.00. The maximum atomic E-state index is 9.62. The topological polar surface area (TPSA) is 109 Å². The van der Waals surface area contributed by atoms with Crippen LogP contribution in [0.5, 0.6) is 0 Å². The minimum absolute atomic E-state index is 0.860. The van der Waals surface area contributed by atoms with Crippen molar-refractivity contribution < 1.29 is 34.6 Å². The SMILES string of the molecule is COC1OC(O)(CO)[C@@H](O)[C@H](O)[C@H]1OC. The Hall–Kier alpha value is -0.280. The summed E-state index contributed by atoms with van der Waals surface area (Å²) in [4.78, 5) is 0. The molecule has 7 heteroatoms. The van der Waals surface area contributed by atoms with E-state index in [4.69, 9.17) is 19.3 Å². The Balaban J connectivity index is 2.87. The van der Waals surface area contributed by atoms with E-state index in [2.05, 4.69) is 0 Å². The first-order valence-electron chi connectivity index (χ1n) is 4.43. The molecule has 1 rings (SSSR count). The smallest absolute Gasteiger partial charge is 0.221 e. The number of hydrogen-bond acceptors (Lipinski definition) is 7. The summed E-state index contributed by atoms with van der Waals surface area (Å²) in [6.07, 6.45) is -5.08. The molecule has 15 heavy (non-hydrogen) atoms. The number of methoxy groups -OCH3 is 2. The highest BCUT2D eigenvalue weighted by molar-refractivity contribution is 4.93. The van der Waals surface area contributed by atoms with Crippen LogP contribution in [0.25, 0.3) is 0 Å². The van der Waals surface area contributed by atoms with Crippen molar-refractivity contribution in [3.05, 3.63) is 0 Å². The largest absolute Gasteiger partial charge is 0.391 e. The lowest BCUT2D eigenvalue weighted by Crippen LogP contribution is -2.66. The van der Waals surface area contributed by atoms with Gasteiger partial charge in [-0.3, -0.25) is 0 Å². The zero-order chi connectivity index (χ0) is 11.6. The van der Waals surface area contributed by atoms with E-state index < -0.39 is 37.0 Å². The van der Waals surface area contributed by atoms with Crippen LogP contribution < -0.4 is 0 Å². The summed E-state index contributed by atoms with van der Waals surface area (Å²) in [7, 11) is 2.60. The van der Waals surface area contributed by atoms with E-state index >= 15 is 0 Å². The van der Waals surface area contributed by atoms with Crippen LogP contribution >= 0.6 is 0 Å². The maximum Gasteiger partial charge on any atom is 0.221 e. The monoisotopic (exact) mass is 224 g/mol. The lowest BCUT2D eigenvalue weighted by molar-refractivity contribution is -0.396. The summed E-state index contributed by atoms with van der Waals surface area (Å²) in [6, 6.07) is 0. The first kappa shape index (κ1) is 12.8. The summed E-state index contributed by atoms with van der Waals surface area (Å²) in [5.74, 6) is -2.24. The van der Waals surface area contributed by atoms with Crippen LogP contribution in [0.2, 0.25) is 0 Å². The molecular formula is C8H16O7. The molecule has 0 spiro atoms. The van der Waals surface area contributed by atoms with Gasteiger partial charge in [0.15, 0.2) is 6.29 Å². The molecule has 5 atom stereocenters. The van der Waals surface area contributed by atoms with Gasteiger partial charge < -0.3 is 34.6 Å². The number of aliphatic hydroxyl groups excluding tert-OH is 3. The Morgan fingerprint density at radius 3 is 2.27 bits per heavy atom. The van der Waals surface area contributed by atoms with Crippen molar-refractivity contribution in [3.8, 4) is 0 Å². The van der Waals surface area contributed by atoms with Gasteiger partial charge in [0.25, 0.3) is 0 Å². The highest BCUT2D eigenvalue weighted by Crippen LogP contribution is 2.29. The van der Waals surface area contributed by atoms with Gasteiger partial charge in [-0.2, -0.15) is 0 Å². The number of aliphatic hydroxyl groups is 4. The van der Waals surface area contributed by atoms with Gasteiger partial charge in [0, 0.05) is 14.2 Å². The van der Waals surface area contributed by atoms with Crippen molar-refractivity contribution in [3.63, 3.8) is 0 Å². The van der Waals surface area contributed by atoms with E-state index in [9.17, 15) is 15.3 Å². The van der Waals surface area contributed by atoms with Crippen LogP contribution in [-0.4, -0.2) is 71.6 Å². The summed E-state index contributed by atoms with van der Waals surface area (Å²) in [5, 5.41) is 37.6. The van der Waals surface area contributed by atoms with E-state index in [1.807, 2.05) is 0 Å². The van der Waals surface area contributed by atoms with Crippen LogP contribution in [0.1, 0.15) is 0 Å². The molecule has 1 heterocycles. The van der Waals surface area contributed by atoms with E-state index in [0.717, 1.165) is 0 Å². The highest BCUT2D eigenvalue weighted by Gasteiger charge is 2.53. The molecule has 0 aromatic carbocycles.